The van der Waals surface area contributed by atoms with Crippen molar-refractivity contribution in [2.45, 2.75) is 45.0 Å². The maximum Gasteiger partial charge on any atom is 0.137 e. The SMILES string of the molecule is C=N/C=C(\SCc1ccc(OC(C)C)c(C#N)c1)c1cccc2c1CCC2.CNCCOC. The molecule has 0 aliphatic heterocycles. The summed E-state index contributed by atoms with van der Waals surface area (Å²) in [7, 11) is 3.59. The van der Waals surface area contributed by atoms with Gasteiger partial charge >= 0.3 is 0 Å². The van der Waals surface area contributed by atoms with Gasteiger partial charge in [0.15, 0.2) is 0 Å². The molecule has 33 heavy (non-hydrogen) atoms. The van der Waals surface area contributed by atoms with Crippen LogP contribution in [0.1, 0.15) is 48.1 Å². The highest BCUT2D eigenvalue weighted by atomic mass is 32.2. The Kier molecular flexibility index (Phi) is 11.7. The predicted octanol–water partition coefficient (Wildman–Crippen LogP) is 5.62. The summed E-state index contributed by atoms with van der Waals surface area (Å²) in [6.07, 6.45) is 5.39. The van der Waals surface area contributed by atoms with Crippen LogP contribution in [0.5, 0.6) is 5.75 Å². The minimum absolute atomic E-state index is 0.0469. The largest absolute Gasteiger partial charge is 0.490 e. The van der Waals surface area contributed by atoms with Gasteiger partial charge in [-0.25, -0.2) is 0 Å². The summed E-state index contributed by atoms with van der Waals surface area (Å²) in [4.78, 5) is 5.15. The van der Waals surface area contributed by atoms with Gasteiger partial charge in [0.1, 0.15) is 11.8 Å². The van der Waals surface area contributed by atoms with E-state index in [1.54, 1.807) is 18.9 Å². The van der Waals surface area contributed by atoms with Crippen LogP contribution in [0.4, 0.5) is 0 Å². The van der Waals surface area contributed by atoms with Crippen LogP contribution >= 0.6 is 11.8 Å². The number of nitriles is 1. The van der Waals surface area contributed by atoms with Crippen molar-refractivity contribution >= 4 is 23.4 Å². The van der Waals surface area contributed by atoms with Gasteiger partial charge in [-0.05, 0) is 81.3 Å². The van der Waals surface area contributed by atoms with Crippen LogP contribution in [-0.4, -0.2) is 40.1 Å². The Labute approximate surface area is 202 Å². The van der Waals surface area contributed by atoms with Gasteiger partial charge in [0, 0.05) is 30.5 Å². The van der Waals surface area contributed by atoms with Crippen molar-refractivity contribution in [1.29, 1.82) is 5.26 Å². The number of aryl methyl sites for hydroxylation is 1. The minimum atomic E-state index is 0.0469. The maximum atomic E-state index is 9.43. The number of hydrogen-bond donors (Lipinski definition) is 1. The fourth-order valence-electron chi connectivity index (χ4n) is 3.59. The zero-order valence-corrected chi connectivity index (χ0v) is 21.0. The van der Waals surface area contributed by atoms with Gasteiger partial charge in [0.2, 0.25) is 0 Å². The second-order valence-electron chi connectivity index (χ2n) is 7.97. The summed E-state index contributed by atoms with van der Waals surface area (Å²) in [6.45, 7) is 9.31. The van der Waals surface area contributed by atoms with Crippen LogP contribution < -0.4 is 10.1 Å². The molecule has 0 fully saturated rings. The molecule has 0 saturated heterocycles. The molecule has 5 nitrogen and oxygen atoms in total. The Morgan fingerprint density at radius 2 is 2.12 bits per heavy atom. The molecule has 0 spiro atoms. The van der Waals surface area contributed by atoms with E-state index in [0.717, 1.165) is 42.2 Å². The molecular weight excluding hydrogens is 430 g/mol. The molecule has 1 aliphatic rings. The molecule has 176 valence electrons. The van der Waals surface area contributed by atoms with E-state index in [1.165, 1.54) is 23.1 Å². The normalized spacial score (nSPS) is 12.5. The van der Waals surface area contributed by atoms with Gasteiger partial charge in [0.05, 0.1) is 18.3 Å². The van der Waals surface area contributed by atoms with E-state index in [1.807, 2.05) is 45.3 Å². The third-order valence-corrected chi connectivity index (χ3v) is 6.21. The molecule has 0 atom stereocenters. The van der Waals surface area contributed by atoms with Crippen LogP contribution in [0.25, 0.3) is 4.91 Å². The van der Waals surface area contributed by atoms with Crippen LogP contribution in [0, 0.1) is 11.3 Å². The lowest BCUT2D eigenvalue weighted by molar-refractivity contribution is 0.201. The first-order valence-electron chi connectivity index (χ1n) is 11.3. The van der Waals surface area contributed by atoms with E-state index in [9.17, 15) is 5.26 Å². The molecule has 1 N–H and O–H groups in total. The van der Waals surface area contributed by atoms with E-state index in [2.05, 4.69) is 41.3 Å². The summed E-state index contributed by atoms with van der Waals surface area (Å²) in [6, 6.07) is 14.6. The smallest absolute Gasteiger partial charge is 0.137 e. The lowest BCUT2D eigenvalue weighted by atomic mass is 10.0. The quantitative estimate of drug-likeness (QED) is 0.364. The monoisotopic (exact) mass is 465 g/mol. The maximum absolute atomic E-state index is 9.43. The molecule has 0 amide bonds. The number of rotatable bonds is 10. The molecule has 3 rings (SSSR count). The van der Waals surface area contributed by atoms with Gasteiger partial charge in [-0.3, -0.25) is 4.99 Å². The van der Waals surface area contributed by atoms with Crippen molar-refractivity contribution in [1.82, 2.24) is 5.32 Å². The standard InChI is InChI=1S/C23H24N2OS.C4H11NO/c1-16(2)26-22-11-10-17(12-19(22)13-24)15-27-23(14-25-3)21-9-5-7-18-6-4-8-20(18)21;1-5-3-4-6-2/h5,7,9-12,14,16H,3-4,6,8,15H2,1-2H3;5H,3-4H2,1-2H3/b23-14-;. The molecule has 0 aromatic heterocycles. The third kappa shape index (κ3) is 8.36. The lowest BCUT2D eigenvalue weighted by Crippen LogP contribution is -2.12. The highest BCUT2D eigenvalue weighted by molar-refractivity contribution is 8.07. The zero-order valence-electron chi connectivity index (χ0n) is 20.2. The van der Waals surface area contributed by atoms with Crippen molar-refractivity contribution in [3.05, 3.63) is 70.4 Å². The second-order valence-corrected chi connectivity index (χ2v) is 8.98. The molecule has 0 saturated carbocycles. The fourth-order valence-corrected chi connectivity index (χ4v) is 4.59. The number of likely N-dealkylation sites (N-methyl/N-ethyl adjacent to an activating group) is 1. The molecule has 0 heterocycles. The Morgan fingerprint density at radius 3 is 2.76 bits per heavy atom. The second kappa shape index (κ2) is 14.5. The van der Waals surface area contributed by atoms with Crippen molar-refractivity contribution < 1.29 is 9.47 Å². The molecule has 2 aromatic rings. The van der Waals surface area contributed by atoms with E-state index >= 15 is 0 Å². The van der Waals surface area contributed by atoms with Crippen molar-refractivity contribution in [3.8, 4) is 11.8 Å². The summed E-state index contributed by atoms with van der Waals surface area (Å²) < 4.78 is 10.4. The zero-order chi connectivity index (χ0) is 24.1. The van der Waals surface area contributed by atoms with Crippen LogP contribution in [0.15, 0.2) is 47.6 Å². The Bertz CT molecular complexity index is 976. The number of ether oxygens (including phenoxy) is 2. The molecule has 0 radical (unpaired) electrons. The third-order valence-electron chi connectivity index (χ3n) is 5.10. The fraction of sp³-hybridized carbons (Fsp3) is 0.407. The predicted molar refractivity (Wildman–Crippen MR) is 140 cm³/mol. The summed E-state index contributed by atoms with van der Waals surface area (Å²) >= 11 is 1.73. The van der Waals surface area contributed by atoms with E-state index in [0.29, 0.717) is 11.3 Å². The number of methoxy groups -OCH3 is 1. The summed E-state index contributed by atoms with van der Waals surface area (Å²) in [5, 5.41) is 12.4. The van der Waals surface area contributed by atoms with Crippen molar-refractivity contribution in [2.24, 2.45) is 4.99 Å². The van der Waals surface area contributed by atoms with Crippen molar-refractivity contribution in [2.75, 3.05) is 27.3 Å². The topological polar surface area (TPSA) is 66.6 Å². The Hall–Kier alpha value is -2.59. The van der Waals surface area contributed by atoms with E-state index < -0.39 is 0 Å². The van der Waals surface area contributed by atoms with Crippen LogP contribution in [0.2, 0.25) is 0 Å². The number of nitrogens with one attached hydrogen (secondary N) is 1. The van der Waals surface area contributed by atoms with Crippen molar-refractivity contribution in [3.63, 3.8) is 0 Å². The first-order chi connectivity index (χ1) is 16.0. The highest BCUT2D eigenvalue weighted by Gasteiger charge is 2.17. The molecule has 0 bridgehead atoms. The minimum Gasteiger partial charge on any atom is -0.490 e. The highest BCUT2D eigenvalue weighted by Crippen LogP contribution is 2.37. The number of nitrogens with zero attached hydrogens (tertiary/aromatic N) is 2. The first kappa shape index (κ1) is 26.7. The molecule has 6 heteroatoms. The number of hydrogen-bond acceptors (Lipinski definition) is 6. The van der Waals surface area contributed by atoms with E-state index in [-0.39, 0.29) is 6.10 Å². The van der Waals surface area contributed by atoms with Gasteiger partial charge in [0.25, 0.3) is 0 Å². The average molecular weight is 466 g/mol. The summed E-state index contributed by atoms with van der Waals surface area (Å²) in [5.74, 6) is 1.41. The first-order valence-corrected chi connectivity index (χ1v) is 12.3. The molecule has 0 unspecified atom stereocenters. The summed E-state index contributed by atoms with van der Waals surface area (Å²) in [5.41, 5.74) is 5.83. The van der Waals surface area contributed by atoms with Gasteiger partial charge < -0.3 is 14.8 Å². The van der Waals surface area contributed by atoms with Gasteiger partial charge in [-0.2, -0.15) is 5.26 Å². The van der Waals surface area contributed by atoms with Gasteiger partial charge in [-0.1, -0.05) is 24.3 Å². The lowest BCUT2D eigenvalue weighted by Gasteiger charge is -2.14. The number of fused-ring (bicyclic) bond motifs is 1. The number of thioether (sulfide) groups is 1. The molecule has 2 aromatic carbocycles. The number of benzene rings is 2. The van der Waals surface area contributed by atoms with Crippen LogP contribution in [0.3, 0.4) is 0 Å². The van der Waals surface area contributed by atoms with Gasteiger partial charge in [-0.15, -0.1) is 11.8 Å². The molecule has 1 aliphatic carbocycles. The number of aliphatic imine (C=N–C) groups is 1. The van der Waals surface area contributed by atoms with Crippen LogP contribution in [-0.2, 0) is 23.3 Å². The van der Waals surface area contributed by atoms with E-state index in [4.69, 9.17) is 9.47 Å². The average Bonchev–Trinajstić information content (AvgIpc) is 3.30. The molecular formula is C27H35N3O2S. The Morgan fingerprint density at radius 1 is 1.30 bits per heavy atom. The Balaban J connectivity index is 0.000000569.